The van der Waals surface area contributed by atoms with Gasteiger partial charge in [0.2, 0.25) is 11.8 Å². The first-order chi connectivity index (χ1) is 23.3. The SMILES string of the molecule is CCC([S-])=NN=C(C)C(=NN=C([S-])NC)c1ccc(C(N)=O)cc1.CCC([S-])=NN=C(C)C(=NN=C([S-])NC)c1ccc(NC(C)=O)cc1.[Cu+2].[Cu+2]. The van der Waals surface area contributed by atoms with Crippen molar-refractivity contribution in [1.29, 1.82) is 0 Å². The van der Waals surface area contributed by atoms with E-state index in [1.165, 1.54) is 6.92 Å². The molecule has 0 aliphatic heterocycles. The van der Waals surface area contributed by atoms with Crippen LogP contribution in [0.5, 0.6) is 0 Å². The van der Waals surface area contributed by atoms with Crippen molar-refractivity contribution < 1.29 is 43.7 Å². The number of rotatable bonds is 12. The van der Waals surface area contributed by atoms with E-state index in [1.54, 1.807) is 76.5 Å². The summed E-state index contributed by atoms with van der Waals surface area (Å²) in [6.45, 7) is 8.76. The molecule has 0 aromatic heterocycles. The second kappa shape index (κ2) is 27.0. The standard InChI is InChI=1S/C16H22N6OS2.C15H20N6OS2.2Cu/c1-5-14(24)20-19-10(2)15(21-22-16(25)17-4)12-6-8-13(9-7-12)18-11(3)23;1-4-12(23)19-18-9(2)13(20-21-15(24)17-3)10-5-7-11(8-6-10)14(16)22;;/h6-9H,5H2,1-4H3,(H,18,23)(H,20,24)(H2,17,22,25);5-8H,4H2,1-3H3,(H2,16,22)(H,19,23)(H2,17,21,24);;/q;;2*+2/p-4. The molecule has 2 rings (SSSR count). The van der Waals surface area contributed by atoms with Gasteiger partial charge in [-0.25, -0.2) is 0 Å². The molecule has 51 heavy (non-hydrogen) atoms. The zero-order valence-electron chi connectivity index (χ0n) is 28.7. The molecule has 0 aliphatic rings. The van der Waals surface area contributed by atoms with Crippen LogP contribution in [-0.2, 0) is 89.4 Å². The fourth-order valence-corrected chi connectivity index (χ4v) is 3.34. The maximum Gasteiger partial charge on any atom is 2.00 e. The van der Waals surface area contributed by atoms with E-state index in [0.717, 1.165) is 5.56 Å². The van der Waals surface area contributed by atoms with Crippen LogP contribution in [0, 0.1) is 0 Å². The van der Waals surface area contributed by atoms with Crippen molar-refractivity contribution in [3.63, 3.8) is 0 Å². The van der Waals surface area contributed by atoms with Crippen LogP contribution in [0.25, 0.3) is 0 Å². The average molecular weight is 866 g/mol. The number of hydrogen-bond donors (Lipinski definition) is 4. The van der Waals surface area contributed by atoms with Crippen LogP contribution in [0.1, 0.15) is 68.9 Å². The molecular weight excluding hydrogens is 828 g/mol. The van der Waals surface area contributed by atoms with Gasteiger partial charge in [-0.1, -0.05) is 48.2 Å². The van der Waals surface area contributed by atoms with Crippen molar-refractivity contribution in [2.75, 3.05) is 19.4 Å². The van der Waals surface area contributed by atoms with Crippen molar-refractivity contribution in [2.24, 2.45) is 46.5 Å². The van der Waals surface area contributed by atoms with E-state index in [-0.39, 0.29) is 50.4 Å². The van der Waals surface area contributed by atoms with Gasteiger partial charge in [0.05, 0.1) is 11.4 Å². The summed E-state index contributed by atoms with van der Waals surface area (Å²) in [6, 6.07) is 13.8. The molecule has 0 spiro atoms. The number of carbonyl (C=O) groups is 2. The minimum absolute atomic E-state index is 0. The zero-order chi connectivity index (χ0) is 36.9. The van der Waals surface area contributed by atoms with Crippen molar-refractivity contribution in [3.8, 4) is 0 Å². The molecule has 5 N–H and O–H groups in total. The number of anilines is 1. The summed E-state index contributed by atoms with van der Waals surface area (Å²) in [7, 11) is 3.32. The third-order valence-electron chi connectivity index (χ3n) is 5.74. The van der Waals surface area contributed by atoms with Gasteiger partial charge in [-0.2, -0.15) is 30.6 Å². The van der Waals surface area contributed by atoms with Crippen LogP contribution in [0.2, 0.25) is 0 Å². The van der Waals surface area contributed by atoms with Gasteiger partial charge in [0.15, 0.2) is 0 Å². The fourth-order valence-electron chi connectivity index (χ4n) is 3.17. The number of nitrogens with one attached hydrogen (secondary N) is 3. The van der Waals surface area contributed by atoms with E-state index in [4.69, 9.17) is 56.2 Å². The van der Waals surface area contributed by atoms with Crippen molar-refractivity contribution in [3.05, 3.63) is 65.2 Å². The number of amidine groups is 2. The van der Waals surface area contributed by atoms with E-state index in [9.17, 15) is 9.59 Å². The number of amides is 2. The van der Waals surface area contributed by atoms with E-state index in [0.29, 0.717) is 62.6 Å². The average Bonchev–Trinajstić information content (AvgIpc) is 3.10. The van der Waals surface area contributed by atoms with Gasteiger partial charge >= 0.3 is 34.1 Å². The summed E-state index contributed by atoms with van der Waals surface area (Å²) in [4.78, 5) is 22.3. The van der Waals surface area contributed by atoms with Gasteiger partial charge in [0.25, 0.3) is 0 Å². The summed E-state index contributed by atoms with van der Waals surface area (Å²) in [5, 5.41) is 41.9. The summed E-state index contributed by atoms with van der Waals surface area (Å²) in [5.41, 5.74) is 9.82. The Bertz CT molecular complexity index is 1690. The van der Waals surface area contributed by atoms with Crippen LogP contribution in [0.15, 0.2) is 89.3 Å². The molecular formula is C31H38Cu2N12O2S4. The van der Waals surface area contributed by atoms with Gasteiger partial charge in [-0.15, -0.1) is 10.2 Å². The maximum absolute atomic E-state index is 11.2. The molecule has 280 valence electrons. The van der Waals surface area contributed by atoms with E-state index in [1.807, 2.05) is 13.8 Å². The fraction of sp³-hybridized carbons (Fsp3) is 0.290. The van der Waals surface area contributed by atoms with Gasteiger partial charge in [-0.05, 0) is 61.3 Å². The Morgan fingerprint density at radius 3 is 1.25 bits per heavy atom. The zero-order valence-corrected chi connectivity index (χ0v) is 33.9. The van der Waals surface area contributed by atoms with E-state index in [2.05, 4.69) is 56.8 Å². The number of nitrogens with two attached hydrogens (primary N) is 1. The Balaban J connectivity index is 0. The smallest absolute Gasteiger partial charge is 0.763 e. The Morgan fingerprint density at radius 2 is 0.941 bits per heavy atom. The van der Waals surface area contributed by atoms with E-state index < -0.39 is 5.91 Å². The minimum atomic E-state index is -0.505. The first-order valence-electron chi connectivity index (χ1n) is 14.6. The predicted octanol–water partition coefficient (Wildman–Crippen LogP) is 3.54. The quantitative estimate of drug-likeness (QED) is 0.0818. The van der Waals surface area contributed by atoms with Crippen molar-refractivity contribution >= 4 is 111 Å². The molecule has 14 nitrogen and oxygen atoms in total. The molecule has 2 aromatic carbocycles. The first-order valence-corrected chi connectivity index (χ1v) is 16.2. The van der Waals surface area contributed by atoms with Gasteiger partial charge in [-0.3, -0.25) is 9.59 Å². The Kier molecular flexibility index (Phi) is 26.1. The third kappa shape index (κ3) is 19.4. The predicted molar refractivity (Wildman–Crippen MR) is 213 cm³/mol. The molecule has 2 amide bonds. The molecule has 0 heterocycles. The van der Waals surface area contributed by atoms with Crippen LogP contribution < -0.4 is 21.7 Å². The van der Waals surface area contributed by atoms with Crippen molar-refractivity contribution in [1.82, 2.24) is 10.6 Å². The summed E-state index contributed by atoms with van der Waals surface area (Å²) in [6.07, 6.45) is 1.26. The topological polar surface area (TPSA) is 195 Å². The largest absolute Gasteiger partial charge is 2.00 e. The van der Waals surface area contributed by atoms with Crippen molar-refractivity contribution in [2.45, 2.75) is 47.5 Å². The number of benzene rings is 2. The number of carbonyl (C=O) groups excluding carboxylic acids is 2. The molecule has 0 bridgehead atoms. The van der Waals surface area contributed by atoms with E-state index >= 15 is 0 Å². The molecule has 20 heteroatoms. The molecule has 0 aliphatic carbocycles. The summed E-state index contributed by atoms with van der Waals surface area (Å²) >= 11 is 20.0. The third-order valence-corrected chi connectivity index (χ3v) is 7.06. The Morgan fingerprint density at radius 1 is 0.588 bits per heavy atom. The molecule has 0 atom stereocenters. The number of primary amides is 1. The van der Waals surface area contributed by atoms with Crippen LogP contribution >= 0.6 is 0 Å². The molecule has 0 fully saturated rings. The van der Waals surface area contributed by atoms with Crippen LogP contribution in [-0.4, -0.2) is 69.2 Å². The second-order valence-electron chi connectivity index (χ2n) is 9.47. The summed E-state index contributed by atoms with van der Waals surface area (Å²) in [5.74, 6) is -0.643. The molecule has 0 saturated carbocycles. The van der Waals surface area contributed by atoms with Crippen LogP contribution in [0.3, 0.4) is 0 Å². The van der Waals surface area contributed by atoms with Crippen LogP contribution in [0.4, 0.5) is 5.69 Å². The van der Waals surface area contributed by atoms with Gasteiger partial charge < -0.3 is 72.2 Å². The molecule has 0 unspecified atom stereocenters. The maximum atomic E-state index is 11.2. The van der Waals surface area contributed by atoms with Gasteiger partial charge in [0, 0.05) is 43.4 Å². The Labute approximate surface area is 342 Å². The summed E-state index contributed by atoms with van der Waals surface area (Å²) < 4.78 is 0. The number of hydrogen-bond acceptors (Lipinski definition) is 14. The normalized spacial score (nSPS) is 13.2. The molecule has 0 saturated heterocycles. The molecule has 2 radical (unpaired) electrons. The van der Waals surface area contributed by atoms with Gasteiger partial charge in [0.1, 0.15) is 11.4 Å². The minimum Gasteiger partial charge on any atom is -0.763 e. The number of nitrogens with zero attached hydrogens (tertiary/aromatic N) is 8. The second-order valence-corrected chi connectivity index (χ2v) is 11.2. The molecule has 2 aromatic rings. The monoisotopic (exact) mass is 864 g/mol. The Hall–Kier alpha value is -3.74. The first kappa shape index (κ1) is 49.4.